The Morgan fingerprint density at radius 3 is 1.40 bits per heavy atom. The van der Waals surface area contributed by atoms with Gasteiger partial charge in [0.25, 0.3) is 0 Å². The molecule has 0 amide bonds. The summed E-state index contributed by atoms with van der Waals surface area (Å²) in [6.45, 7) is 0. The van der Waals surface area contributed by atoms with Crippen molar-refractivity contribution in [3.05, 3.63) is 154 Å². The molecule has 240 valence electrons. The second-order valence-corrected chi connectivity index (χ2v) is 9.50. The molecular weight excluding hydrogens is 631 g/mol. The van der Waals surface area contributed by atoms with Crippen molar-refractivity contribution in [1.82, 2.24) is 0 Å². The Balaban J connectivity index is 0.000000267. The molecule has 4 aromatic rings. The molecule has 0 heterocycles. The minimum atomic E-state index is -1.46. The molecule has 0 saturated carbocycles. The zero-order valence-electron chi connectivity index (χ0n) is 26.0. The first kappa shape index (κ1) is 38.2. The van der Waals surface area contributed by atoms with E-state index in [2.05, 4.69) is 33.2 Å². The first-order chi connectivity index (χ1) is 23.2. The summed E-state index contributed by atoms with van der Waals surface area (Å²) in [5.74, 6) is 10.8. The fourth-order valence-corrected chi connectivity index (χ4v) is 3.53. The number of methoxy groups -OCH3 is 2. The van der Waals surface area contributed by atoms with E-state index in [9.17, 15) is 19.2 Å². The second-order valence-electron chi connectivity index (χ2n) is 9.25. The normalized spacial score (nSPS) is 9.60. The number of carbonyl (C=O) groups is 4. The second kappa shape index (κ2) is 21.7. The summed E-state index contributed by atoms with van der Waals surface area (Å²) in [5.41, 5.74) is 6.51. The van der Waals surface area contributed by atoms with Crippen LogP contribution in [0.1, 0.15) is 58.1 Å². The Hall–Kier alpha value is -5.97. The van der Waals surface area contributed by atoms with Gasteiger partial charge in [-0.1, -0.05) is 83.8 Å². The SMILES string of the molecule is COC(=O)c1ccc(C#C/C=C/Cl)cc1.COC(=O)c1ccc(C#C/C=C/c2ccc(C=O)cc2)cc1.O=Cc1ccc(B(O)O)cc1. The molecule has 0 unspecified atom stereocenters. The predicted molar refractivity (Wildman–Crippen MR) is 187 cm³/mol. The number of halogens is 1. The number of rotatable bonds is 6. The van der Waals surface area contributed by atoms with Crippen LogP contribution < -0.4 is 5.46 Å². The van der Waals surface area contributed by atoms with Gasteiger partial charge in [0.15, 0.2) is 0 Å². The summed E-state index contributed by atoms with van der Waals surface area (Å²) in [7, 11) is 1.24. The predicted octanol–water partition coefficient (Wildman–Crippen LogP) is 5.11. The minimum Gasteiger partial charge on any atom is -0.465 e. The van der Waals surface area contributed by atoms with Crippen LogP contribution in [0.2, 0.25) is 0 Å². The standard InChI is InChI=1S/C19H14O3.C12H9ClO2.C7H7BO3/c1-22-19(21)18-12-10-16(11-13-18)5-3-2-4-15-6-8-17(14-20)9-7-15;1-15-12(14)11-7-5-10(6-8-11)4-2-3-9-13;9-5-6-1-3-7(4-2-6)8(10)11/h2,4,6-14H,1H3;3,5-9H,1H3;1-5,10-11H/b4-2+;9-3+;. The molecule has 0 atom stereocenters. The number of ether oxygens (including phenoxy) is 2. The molecule has 10 heteroatoms. The number of allylic oxidation sites excluding steroid dienone is 2. The monoisotopic (exact) mass is 660 g/mol. The topological polar surface area (TPSA) is 127 Å². The third kappa shape index (κ3) is 14.0. The Labute approximate surface area is 284 Å². The van der Waals surface area contributed by atoms with E-state index in [1.54, 1.807) is 66.7 Å². The van der Waals surface area contributed by atoms with E-state index in [0.29, 0.717) is 34.0 Å². The molecule has 0 fully saturated rings. The average Bonchev–Trinajstić information content (AvgIpc) is 3.14. The van der Waals surface area contributed by atoms with Crippen LogP contribution in [0.5, 0.6) is 0 Å². The lowest BCUT2D eigenvalue weighted by Gasteiger charge is -1.97. The van der Waals surface area contributed by atoms with Crippen molar-refractivity contribution in [1.29, 1.82) is 0 Å². The highest BCUT2D eigenvalue weighted by Crippen LogP contribution is 2.07. The smallest absolute Gasteiger partial charge is 0.465 e. The van der Waals surface area contributed by atoms with Gasteiger partial charge in [0, 0.05) is 27.8 Å². The molecule has 0 aliphatic heterocycles. The lowest BCUT2D eigenvalue weighted by molar-refractivity contribution is 0.0592. The maximum Gasteiger partial charge on any atom is 0.488 e. The van der Waals surface area contributed by atoms with Gasteiger partial charge in [0.05, 0.1) is 25.3 Å². The fourth-order valence-electron chi connectivity index (χ4n) is 3.47. The van der Waals surface area contributed by atoms with Gasteiger partial charge < -0.3 is 19.5 Å². The van der Waals surface area contributed by atoms with E-state index in [0.717, 1.165) is 23.0 Å². The molecule has 4 rings (SSSR count). The number of hydrogen-bond acceptors (Lipinski definition) is 8. The summed E-state index contributed by atoms with van der Waals surface area (Å²) in [6.07, 6.45) is 6.66. The Kier molecular flexibility index (Phi) is 17.3. The Morgan fingerprint density at radius 2 is 1.02 bits per heavy atom. The summed E-state index contributed by atoms with van der Waals surface area (Å²) in [4.78, 5) is 43.1. The molecule has 0 aliphatic rings. The van der Waals surface area contributed by atoms with Gasteiger partial charge >= 0.3 is 19.1 Å². The van der Waals surface area contributed by atoms with Gasteiger partial charge in [-0.25, -0.2) is 9.59 Å². The quantitative estimate of drug-likeness (QED) is 0.127. The molecule has 48 heavy (non-hydrogen) atoms. The van der Waals surface area contributed by atoms with E-state index in [1.807, 2.05) is 18.2 Å². The lowest BCUT2D eigenvalue weighted by atomic mass is 9.80. The van der Waals surface area contributed by atoms with Gasteiger partial charge in [0.1, 0.15) is 12.6 Å². The number of aldehydes is 2. The average molecular weight is 661 g/mol. The third-order valence-corrected chi connectivity index (χ3v) is 6.12. The van der Waals surface area contributed by atoms with Crippen LogP contribution in [0.15, 0.2) is 115 Å². The maximum atomic E-state index is 11.3. The van der Waals surface area contributed by atoms with E-state index in [1.165, 1.54) is 50.1 Å². The first-order valence-corrected chi connectivity index (χ1v) is 14.5. The van der Waals surface area contributed by atoms with Crippen LogP contribution in [0.25, 0.3) is 6.08 Å². The van der Waals surface area contributed by atoms with Crippen LogP contribution in [-0.4, -0.2) is 55.9 Å². The highest BCUT2D eigenvalue weighted by atomic mass is 35.5. The highest BCUT2D eigenvalue weighted by molar-refractivity contribution is 6.58. The molecule has 0 spiro atoms. The summed E-state index contributed by atoms with van der Waals surface area (Å²) < 4.78 is 9.20. The molecule has 4 aromatic carbocycles. The van der Waals surface area contributed by atoms with Crippen LogP contribution in [0.3, 0.4) is 0 Å². The summed E-state index contributed by atoms with van der Waals surface area (Å²) >= 11 is 5.31. The molecule has 0 aliphatic carbocycles. The zero-order valence-corrected chi connectivity index (χ0v) is 26.8. The first-order valence-electron chi connectivity index (χ1n) is 14.0. The van der Waals surface area contributed by atoms with Crippen molar-refractivity contribution >= 4 is 54.8 Å². The molecule has 0 radical (unpaired) electrons. The van der Waals surface area contributed by atoms with Crippen molar-refractivity contribution in [3.8, 4) is 23.7 Å². The van der Waals surface area contributed by atoms with Crippen LogP contribution in [0.4, 0.5) is 0 Å². The molecule has 0 aromatic heterocycles. The van der Waals surface area contributed by atoms with E-state index >= 15 is 0 Å². The van der Waals surface area contributed by atoms with Crippen molar-refractivity contribution in [2.24, 2.45) is 0 Å². The molecule has 0 bridgehead atoms. The number of carbonyl (C=O) groups excluding carboxylic acids is 4. The van der Waals surface area contributed by atoms with Gasteiger partial charge in [-0.3, -0.25) is 9.59 Å². The van der Waals surface area contributed by atoms with Crippen molar-refractivity contribution in [3.63, 3.8) is 0 Å². The van der Waals surface area contributed by atoms with Gasteiger partial charge in [-0.2, -0.15) is 0 Å². The van der Waals surface area contributed by atoms with Gasteiger partial charge in [0.2, 0.25) is 0 Å². The van der Waals surface area contributed by atoms with E-state index < -0.39 is 7.12 Å². The largest absolute Gasteiger partial charge is 0.488 e. The molecule has 8 nitrogen and oxygen atoms in total. The molecule has 0 saturated heterocycles. The Morgan fingerprint density at radius 1 is 0.625 bits per heavy atom. The van der Waals surface area contributed by atoms with Crippen molar-refractivity contribution in [2.45, 2.75) is 0 Å². The lowest BCUT2D eigenvalue weighted by Crippen LogP contribution is -2.29. The fraction of sp³-hybridized carbons (Fsp3) is 0.0526. The van der Waals surface area contributed by atoms with Crippen molar-refractivity contribution < 1.29 is 38.7 Å². The minimum absolute atomic E-state index is 0.352. The summed E-state index contributed by atoms with van der Waals surface area (Å²) in [5, 5.41) is 17.3. The van der Waals surface area contributed by atoms with Crippen LogP contribution in [0, 0.1) is 23.7 Å². The number of benzene rings is 4. The zero-order chi connectivity index (χ0) is 35.1. The van der Waals surface area contributed by atoms with Gasteiger partial charge in [-0.05, 0) is 77.8 Å². The Bertz CT molecular complexity index is 1820. The number of hydrogen-bond donors (Lipinski definition) is 2. The summed E-state index contributed by atoms with van der Waals surface area (Å²) in [6, 6.07) is 27.0. The molecular formula is C38H30BClO8. The van der Waals surface area contributed by atoms with E-state index in [4.69, 9.17) is 21.6 Å². The van der Waals surface area contributed by atoms with E-state index in [-0.39, 0.29) is 11.9 Å². The number of esters is 2. The maximum absolute atomic E-state index is 11.3. The third-order valence-electron chi connectivity index (χ3n) is 5.99. The van der Waals surface area contributed by atoms with Gasteiger partial charge in [-0.15, -0.1) is 0 Å². The van der Waals surface area contributed by atoms with Crippen LogP contribution in [-0.2, 0) is 9.47 Å². The molecule has 2 N–H and O–H groups in total. The van der Waals surface area contributed by atoms with Crippen LogP contribution >= 0.6 is 11.6 Å². The van der Waals surface area contributed by atoms with Crippen molar-refractivity contribution in [2.75, 3.05) is 14.2 Å². The highest BCUT2D eigenvalue weighted by Gasteiger charge is 2.09.